The SMILES string of the molecule is COC(=O)/C(=C\c1ccc(-c2cccc([N+](=O)[O-])c2)o1)C(C)=O. The van der Waals surface area contributed by atoms with Crippen molar-refractivity contribution >= 4 is 23.5 Å². The van der Waals surface area contributed by atoms with Crippen molar-refractivity contribution in [1.82, 2.24) is 0 Å². The van der Waals surface area contributed by atoms with E-state index in [1.54, 1.807) is 24.3 Å². The molecule has 23 heavy (non-hydrogen) atoms. The van der Waals surface area contributed by atoms with Crippen LogP contribution in [0.1, 0.15) is 12.7 Å². The number of hydrogen-bond donors (Lipinski definition) is 0. The number of Topliss-reactive ketones (excluding diaryl/α,β-unsaturated/α-hetero) is 1. The first-order chi connectivity index (χ1) is 10.9. The molecule has 0 aliphatic rings. The number of carbonyl (C=O) groups excluding carboxylic acids is 2. The van der Waals surface area contributed by atoms with E-state index in [1.807, 2.05) is 0 Å². The smallest absolute Gasteiger partial charge is 0.341 e. The molecule has 0 radical (unpaired) electrons. The number of benzene rings is 1. The maximum absolute atomic E-state index is 11.5. The molecule has 0 N–H and O–H groups in total. The first kappa shape index (κ1) is 16.2. The number of non-ortho nitro benzene ring substituents is 1. The van der Waals surface area contributed by atoms with Crippen molar-refractivity contribution in [1.29, 1.82) is 0 Å². The molecule has 0 amide bonds. The summed E-state index contributed by atoms with van der Waals surface area (Å²) in [5, 5.41) is 10.8. The van der Waals surface area contributed by atoms with Crippen LogP contribution in [0.4, 0.5) is 5.69 Å². The number of nitro groups is 1. The van der Waals surface area contributed by atoms with Crippen molar-refractivity contribution in [3.8, 4) is 11.3 Å². The average molecular weight is 315 g/mol. The van der Waals surface area contributed by atoms with E-state index in [2.05, 4.69) is 4.74 Å². The maximum Gasteiger partial charge on any atom is 0.341 e. The van der Waals surface area contributed by atoms with Crippen molar-refractivity contribution < 1.29 is 23.7 Å². The van der Waals surface area contributed by atoms with Crippen molar-refractivity contribution in [3.05, 3.63) is 57.8 Å². The Morgan fingerprint density at radius 2 is 2.00 bits per heavy atom. The minimum Gasteiger partial charge on any atom is -0.465 e. The summed E-state index contributed by atoms with van der Waals surface area (Å²) >= 11 is 0. The second-order valence-electron chi connectivity index (χ2n) is 4.62. The summed E-state index contributed by atoms with van der Waals surface area (Å²) in [5.41, 5.74) is 0.309. The van der Waals surface area contributed by atoms with Crippen LogP contribution in [0, 0.1) is 10.1 Å². The third kappa shape index (κ3) is 3.70. The number of ketones is 1. The number of methoxy groups -OCH3 is 1. The van der Waals surface area contributed by atoms with E-state index < -0.39 is 16.7 Å². The third-order valence-corrected chi connectivity index (χ3v) is 3.04. The first-order valence-electron chi connectivity index (χ1n) is 6.58. The molecule has 0 saturated heterocycles. The van der Waals surface area contributed by atoms with Gasteiger partial charge in [-0.2, -0.15) is 0 Å². The fourth-order valence-corrected chi connectivity index (χ4v) is 1.91. The van der Waals surface area contributed by atoms with Gasteiger partial charge in [-0.3, -0.25) is 14.9 Å². The highest BCUT2D eigenvalue weighted by Crippen LogP contribution is 2.26. The third-order valence-electron chi connectivity index (χ3n) is 3.04. The molecule has 2 rings (SSSR count). The lowest BCUT2D eigenvalue weighted by Gasteiger charge is -2.00. The molecule has 0 saturated carbocycles. The number of nitro benzene ring substituents is 1. The van der Waals surface area contributed by atoms with E-state index in [9.17, 15) is 19.7 Å². The monoisotopic (exact) mass is 315 g/mol. The summed E-state index contributed by atoms with van der Waals surface area (Å²) in [7, 11) is 1.18. The van der Waals surface area contributed by atoms with Gasteiger partial charge in [0.05, 0.1) is 12.0 Å². The average Bonchev–Trinajstić information content (AvgIpc) is 3.00. The van der Waals surface area contributed by atoms with Gasteiger partial charge in [-0.1, -0.05) is 12.1 Å². The fourth-order valence-electron chi connectivity index (χ4n) is 1.91. The summed E-state index contributed by atoms with van der Waals surface area (Å²) < 4.78 is 10.1. The minimum absolute atomic E-state index is 0.0602. The summed E-state index contributed by atoms with van der Waals surface area (Å²) in [6.45, 7) is 1.24. The van der Waals surface area contributed by atoms with Crippen LogP contribution in [0.2, 0.25) is 0 Å². The number of rotatable bonds is 5. The zero-order valence-electron chi connectivity index (χ0n) is 12.4. The Balaban J connectivity index is 2.37. The van der Waals surface area contributed by atoms with Gasteiger partial charge in [0.25, 0.3) is 5.69 Å². The summed E-state index contributed by atoms with van der Waals surface area (Å²) in [5.74, 6) is -0.564. The fraction of sp³-hybridized carbons (Fsp3) is 0.125. The molecular formula is C16H13NO6. The molecule has 7 heteroatoms. The van der Waals surface area contributed by atoms with Crippen LogP contribution in [0.5, 0.6) is 0 Å². The van der Waals surface area contributed by atoms with E-state index >= 15 is 0 Å². The second kappa shape index (κ2) is 6.69. The van der Waals surface area contributed by atoms with E-state index in [0.29, 0.717) is 11.3 Å². The standard InChI is InChI=1S/C16H13NO6/c1-10(18)14(16(19)22-2)9-13-6-7-15(23-13)11-4-3-5-12(8-11)17(20)21/h3-9H,1-2H3/b14-9-. The van der Waals surface area contributed by atoms with Crippen LogP contribution in [0.3, 0.4) is 0 Å². The predicted molar refractivity (Wildman–Crippen MR) is 81.5 cm³/mol. The Labute approximate surface area is 131 Å². The summed E-state index contributed by atoms with van der Waals surface area (Å²) in [6.07, 6.45) is 1.27. The van der Waals surface area contributed by atoms with Gasteiger partial charge < -0.3 is 9.15 Å². The van der Waals surface area contributed by atoms with Crippen LogP contribution < -0.4 is 0 Å². The molecule has 1 heterocycles. The van der Waals surface area contributed by atoms with E-state index in [4.69, 9.17) is 4.42 Å². The van der Waals surface area contributed by atoms with Crippen LogP contribution in [0.15, 0.2) is 46.4 Å². The van der Waals surface area contributed by atoms with Gasteiger partial charge in [0.15, 0.2) is 5.78 Å². The van der Waals surface area contributed by atoms with Gasteiger partial charge in [-0.25, -0.2) is 4.79 Å². The lowest BCUT2D eigenvalue weighted by Crippen LogP contribution is -2.11. The van der Waals surface area contributed by atoms with Crippen LogP contribution in [0.25, 0.3) is 17.4 Å². The van der Waals surface area contributed by atoms with Crippen LogP contribution in [-0.4, -0.2) is 23.8 Å². The van der Waals surface area contributed by atoms with E-state index in [1.165, 1.54) is 32.2 Å². The van der Waals surface area contributed by atoms with Crippen molar-refractivity contribution in [2.24, 2.45) is 0 Å². The molecule has 1 aromatic carbocycles. The van der Waals surface area contributed by atoms with Crippen LogP contribution in [-0.2, 0) is 14.3 Å². The van der Waals surface area contributed by atoms with Crippen molar-refractivity contribution in [2.75, 3.05) is 7.11 Å². The number of nitrogens with zero attached hydrogens (tertiary/aromatic N) is 1. The lowest BCUT2D eigenvalue weighted by atomic mass is 10.1. The van der Waals surface area contributed by atoms with Crippen molar-refractivity contribution in [2.45, 2.75) is 6.92 Å². The molecule has 0 atom stereocenters. The van der Waals surface area contributed by atoms with Crippen molar-refractivity contribution in [3.63, 3.8) is 0 Å². The van der Waals surface area contributed by atoms with Gasteiger partial charge in [0, 0.05) is 17.7 Å². The summed E-state index contributed by atoms with van der Waals surface area (Å²) in [6, 6.07) is 9.10. The Bertz CT molecular complexity index is 802. The highest BCUT2D eigenvalue weighted by molar-refractivity contribution is 6.19. The molecule has 0 aliphatic heterocycles. The predicted octanol–water partition coefficient (Wildman–Crippen LogP) is 3.00. The zero-order valence-corrected chi connectivity index (χ0v) is 12.4. The molecule has 0 aliphatic carbocycles. The zero-order chi connectivity index (χ0) is 17.0. The Hall–Kier alpha value is -3.22. The molecule has 7 nitrogen and oxygen atoms in total. The molecule has 118 valence electrons. The number of ether oxygens (including phenoxy) is 1. The van der Waals surface area contributed by atoms with E-state index in [-0.39, 0.29) is 17.0 Å². The topological polar surface area (TPSA) is 99.7 Å². The van der Waals surface area contributed by atoms with Gasteiger partial charge in [-0.15, -0.1) is 0 Å². The molecule has 1 aromatic heterocycles. The number of hydrogen-bond acceptors (Lipinski definition) is 6. The molecule has 0 spiro atoms. The number of carbonyl (C=O) groups is 2. The maximum atomic E-state index is 11.5. The normalized spacial score (nSPS) is 11.1. The quantitative estimate of drug-likeness (QED) is 0.210. The number of furan rings is 1. The second-order valence-corrected chi connectivity index (χ2v) is 4.62. The molecule has 0 bridgehead atoms. The largest absolute Gasteiger partial charge is 0.465 e. The molecule has 0 unspecified atom stereocenters. The van der Waals surface area contributed by atoms with Crippen LogP contribution >= 0.6 is 0 Å². The van der Waals surface area contributed by atoms with Gasteiger partial charge in [0.1, 0.15) is 17.1 Å². The number of esters is 1. The Morgan fingerprint density at radius 3 is 2.61 bits per heavy atom. The molecule has 2 aromatic rings. The summed E-state index contributed by atoms with van der Waals surface area (Å²) in [4.78, 5) is 33.3. The highest BCUT2D eigenvalue weighted by Gasteiger charge is 2.16. The van der Waals surface area contributed by atoms with Gasteiger partial charge in [0.2, 0.25) is 0 Å². The Morgan fingerprint density at radius 1 is 1.26 bits per heavy atom. The molecular weight excluding hydrogens is 302 g/mol. The molecule has 0 fully saturated rings. The van der Waals surface area contributed by atoms with Gasteiger partial charge >= 0.3 is 5.97 Å². The minimum atomic E-state index is -0.759. The lowest BCUT2D eigenvalue weighted by molar-refractivity contribution is -0.384. The Kier molecular flexibility index (Phi) is 4.70. The van der Waals surface area contributed by atoms with E-state index in [0.717, 1.165) is 0 Å². The highest BCUT2D eigenvalue weighted by atomic mass is 16.6. The first-order valence-corrected chi connectivity index (χ1v) is 6.58. The van der Waals surface area contributed by atoms with Gasteiger partial charge in [-0.05, 0) is 25.1 Å².